The molecule has 0 aliphatic rings. The maximum Gasteiger partial charge on any atom is 0.273 e. The first-order chi connectivity index (χ1) is 17.4. The second-order valence-corrected chi connectivity index (χ2v) is 7.77. The van der Waals surface area contributed by atoms with Crippen LogP contribution in [0.1, 0.15) is 16.7 Å². The third-order valence-corrected chi connectivity index (χ3v) is 5.39. The van der Waals surface area contributed by atoms with Gasteiger partial charge in [0, 0.05) is 29.3 Å². The van der Waals surface area contributed by atoms with Crippen molar-refractivity contribution in [3.05, 3.63) is 122 Å². The van der Waals surface area contributed by atoms with Crippen LogP contribution in [0.5, 0.6) is 5.75 Å². The van der Waals surface area contributed by atoms with Crippen LogP contribution >= 0.6 is 0 Å². The summed E-state index contributed by atoms with van der Waals surface area (Å²) in [5, 5.41) is 27.9. The number of hydrogen-bond donors (Lipinski definition) is 1. The van der Waals surface area contributed by atoms with Crippen LogP contribution in [0.2, 0.25) is 0 Å². The molecule has 0 saturated heterocycles. The fourth-order valence-electron chi connectivity index (χ4n) is 3.63. The van der Waals surface area contributed by atoms with Crippen LogP contribution in [-0.4, -0.2) is 22.0 Å². The molecule has 0 saturated carbocycles. The van der Waals surface area contributed by atoms with Gasteiger partial charge in [0.15, 0.2) is 0 Å². The van der Waals surface area contributed by atoms with E-state index in [0.717, 1.165) is 16.3 Å². The van der Waals surface area contributed by atoms with E-state index < -0.39 is 15.8 Å². The standard InChI is InChI=1S/C26H20N4O6/c31-26(15-20-6-2-4-8-24(20)30(34)35)28-27-16-23-22-7-3-1-5-19(22)11-14-25(23)36-17-18-9-12-21(13-10-18)29(32)33/h1-14,16H,15,17H2,(H,28,31). The molecule has 0 aliphatic heterocycles. The minimum atomic E-state index is -0.531. The predicted octanol–water partition coefficient (Wildman–Crippen LogP) is 4.93. The Morgan fingerprint density at radius 1 is 0.889 bits per heavy atom. The highest BCUT2D eigenvalue weighted by molar-refractivity contribution is 6.02. The second kappa shape index (κ2) is 10.9. The van der Waals surface area contributed by atoms with Crippen molar-refractivity contribution in [2.45, 2.75) is 13.0 Å². The highest BCUT2D eigenvalue weighted by Gasteiger charge is 2.15. The number of ether oxygens (including phenoxy) is 1. The van der Waals surface area contributed by atoms with Gasteiger partial charge in [-0.05, 0) is 34.5 Å². The number of fused-ring (bicyclic) bond motifs is 1. The summed E-state index contributed by atoms with van der Waals surface area (Å²) in [5.74, 6) is -0.00196. The molecule has 36 heavy (non-hydrogen) atoms. The second-order valence-electron chi connectivity index (χ2n) is 7.77. The molecule has 10 heteroatoms. The fourth-order valence-corrected chi connectivity index (χ4v) is 3.63. The Bertz CT molecular complexity index is 1470. The molecular formula is C26H20N4O6. The van der Waals surface area contributed by atoms with Crippen molar-refractivity contribution < 1.29 is 19.4 Å². The molecule has 1 N–H and O–H groups in total. The van der Waals surface area contributed by atoms with Crippen LogP contribution in [0.4, 0.5) is 11.4 Å². The number of carbonyl (C=O) groups is 1. The third-order valence-electron chi connectivity index (χ3n) is 5.39. The highest BCUT2D eigenvalue weighted by atomic mass is 16.6. The molecule has 0 spiro atoms. The number of nitro benzene ring substituents is 2. The summed E-state index contributed by atoms with van der Waals surface area (Å²) in [6.07, 6.45) is 1.26. The Morgan fingerprint density at radius 2 is 1.61 bits per heavy atom. The summed E-state index contributed by atoms with van der Waals surface area (Å²) < 4.78 is 5.98. The summed E-state index contributed by atoms with van der Waals surface area (Å²) in [4.78, 5) is 33.4. The van der Waals surface area contributed by atoms with Crippen LogP contribution in [-0.2, 0) is 17.8 Å². The summed E-state index contributed by atoms with van der Waals surface area (Å²) in [6, 6.07) is 23.4. The first-order valence-electron chi connectivity index (χ1n) is 10.8. The lowest BCUT2D eigenvalue weighted by molar-refractivity contribution is -0.385. The number of nitrogens with one attached hydrogen (secondary N) is 1. The number of nitro groups is 2. The number of para-hydroxylation sites is 1. The summed E-state index contributed by atoms with van der Waals surface area (Å²) in [5.41, 5.74) is 3.93. The molecule has 0 aromatic heterocycles. The zero-order chi connectivity index (χ0) is 25.5. The van der Waals surface area contributed by atoms with E-state index >= 15 is 0 Å². The number of carbonyl (C=O) groups excluding carboxylic acids is 1. The Morgan fingerprint density at radius 3 is 2.36 bits per heavy atom. The Labute approximate surface area is 205 Å². The van der Waals surface area contributed by atoms with Crippen LogP contribution < -0.4 is 10.2 Å². The van der Waals surface area contributed by atoms with Gasteiger partial charge in [0.2, 0.25) is 5.91 Å². The van der Waals surface area contributed by atoms with Gasteiger partial charge in [0.05, 0.1) is 22.5 Å². The fraction of sp³-hybridized carbons (Fsp3) is 0.0769. The van der Waals surface area contributed by atoms with Crippen molar-refractivity contribution in [2.75, 3.05) is 0 Å². The van der Waals surface area contributed by atoms with E-state index in [4.69, 9.17) is 4.74 Å². The van der Waals surface area contributed by atoms with Crippen molar-refractivity contribution in [1.82, 2.24) is 5.43 Å². The lowest BCUT2D eigenvalue weighted by Gasteiger charge is -2.12. The monoisotopic (exact) mass is 484 g/mol. The number of benzene rings is 4. The van der Waals surface area contributed by atoms with Crippen molar-refractivity contribution >= 4 is 34.3 Å². The van der Waals surface area contributed by atoms with E-state index in [2.05, 4.69) is 10.5 Å². The van der Waals surface area contributed by atoms with Crippen molar-refractivity contribution in [2.24, 2.45) is 5.10 Å². The van der Waals surface area contributed by atoms with E-state index in [0.29, 0.717) is 11.3 Å². The van der Waals surface area contributed by atoms with Gasteiger partial charge in [0.1, 0.15) is 12.4 Å². The molecule has 0 aliphatic carbocycles. The Hall–Kier alpha value is -5.12. The average Bonchev–Trinajstić information content (AvgIpc) is 2.88. The number of amides is 1. The zero-order valence-corrected chi connectivity index (χ0v) is 18.9. The molecule has 4 aromatic rings. The number of non-ortho nitro benzene ring substituents is 1. The third kappa shape index (κ3) is 5.68. The molecular weight excluding hydrogens is 464 g/mol. The van der Waals surface area contributed by atoms with Gasteiger partial charge in [-0.2, -0.15) is 5.10 Å². The first kappa shape index (κ1) is 24.0. The van der Waals surface area contributed by atoms with Crippen LogP contribution in [0.15, 0.2) is 90.0 Å². The number of hydrogen-bond acceptors (Lipinski definition) is 7. The zero-order valence-electron chi connectivity index (χ0n) is 18.9. The predicted molar refractivity (Wildman–Crippen MR) is 134 cm³/mol. The first-order valence-corrected chi connectivity index (χ1v) is 10.8. The van der Waals surface area contributed by atoms with E-state index in [1.165, 1.54) is 36.5 Å². The van der Waals surface area contributed by atoms with E-state index in [1.807, 2.05) is 30.3 Å². The summed E-state index contributed by atoms with van der Waals surface area (Å²) in [6.45, 7) is 0.168. The Kier molecular flexibility index (Phi) is 7.25. The minimum absolute atomic E-state index is 0.00569. The van der Waals surface area contributed by atoms with Crippen LogP contribution in [0.3, 0.4) is 0 Å². The highest BCUT2D eigenvalue weighted by Crippen LogP contribution is 2.27. The minimum Gasteiger partial charge on any atom is -0.488 e. The van der Waals surface area contributed by atoms with Crippen LogP contribution in [0, 0.1) is 20.2 Å². The maximum atomic E-state index is 12.4. The van der Waals surface area contributed by atoms with E-state index in [1.54, 1.807) is 24.3 Å². The lowest BCUT2D eigenvalue weighted by atomic mass is 10.0. The van der Waals surface area contributed by atoms with Gasteiger partial charge >= 0.3 is 0 Å². The SMILES string of the molecule is O=C(Cc1ccccc1[N+](=O)[O-])NN=Cc1c(OCc2ccc([N+](=O)[O-])cc2)ccc2ccccc12. The summed E-state index contributed by atoms with van der Waals surface area (Å²) >= 11 is 0. The topological polar surface area (TPSA) is 137 Å². The van der Waals surface area contributed by atoms with E-state index in [-0.39, 0.29) is 30.0 Å². The van der Waals surface area contributed by atoms with Gasteiger partial charge in [-0.15, -0.1) is 0 Å². The summed E-state index contributed by atoms with van der Waals surface area (Å²) in [7, 11) is 0. The van der Waals surface area contributed by atoms with Gasteiger partial charge in [-0.3, -0.25) is 25.0 Å². The molecule has 0 unspecified atom stereocenters. The Balaban J connectivity index is 1.52. The molecule has 180 valence electrons. The molecule has 0 heterocycles. The van der Waals surface area contributed by atoms with Crippen molar-refractivity contribution in [1.29, 1.82) is 0 Å². The smallest absolute Gasteiger partial charge is 0.273 e. The largest absolute Gasteiger partial charge is 0.488 e. The van der Waals surface area contributed by atoms with Crippen molar-refractivity contribution in [3.8, 4) is 5.75 Å². The van der Waals surface area contributed by atoms with Crippen molar-refractivity contribution in [3.63, 3.8) is 0 Å². The number of nitrogens with zero attached hydrogens (tertiary/aromatic N) is 3. The number of rotatable bonds is 9. The molecule has 0 atom stereocenters. The molecule has 0 radical (unpaired) electrons. The molecule has 0 fully saturated rings. The molecule has 0 bridgehead atoms. The van der Waals surface area contributed by atoms with Crippen LogP contribution in [0.25, 0.3) is 10.8 Å². The average molecular weight is 484 g/mol. The normalized spacial score (nSPS) is 10.9. The lowest BCUT2D eigenvalue weighted by Crippen LogP contribution is -2.20. The van der Waals surface area contributed by atoms with E-state index in [9.17, 15) is 25.0 Å². The molecule has 4 rings (SSSR count). The van der Waals surface area contributed by atoms with Gasteiger partial charge in [-0.25, -0.2) is 5.43 Å². The quantitative estimate of drug-likeness (QED) is 0.203. The van der Waals surface area contributed by atoms with Gasteiger partial charge in [0.25, 0.3) is 11.4 Å². The molecule has 1 amide bonds. The molecule has 10 nitrogen and oxygen atoms in total. The van der Waals surface area contributed by atoms with Gasteiger partial charge in [-0.1, -0.05) is 48.5 Å². The molecule has 4 aromatic carbocycles. The van der Waals surface area contributed by atoms with Gasteiger partial charge < -0.3 is 4.74 Å². The number of hydrazone groups is 1. The maximum absolute atomic E-state index is 12.4.